The fourth-order valence-corrected chi connectivity index (χ4v) is 3.72. The summed E-state index contributed by atoms with van der Waals surface area (Å²) in [6.07, 6.45) is 3.30. The third-order valence-corrected chi connectivity index (χ3v) is 5.28. The summed E-state index contributed by atoms with van der Waals surface area (Å²) in [7, 11) is 0. The van der Waals surface area contributed by atoms with Crippen LogP contribution in [0, 0.1) is 5.92 Å². The molecule has 5 nitrogen and oxygen atoms in total. The average Bonchev–Trinajstić information content (AvgIpc) is 3.03. The van der Waals surface area contributed by atoms with Crippen LogP contribution in [-0.4, -0.2) is 16.9 Å². The number of nitrogens with two attached hydrogens (primary N) is 1. The molecule has 1 aliphatic carbocycles. The minimum absolute atomic E-state index is 0.151. The van der Waals surface area contributed by atoms with Crippen molar-refractivity contribution in [2.24, 2.45) is 11.7 Å². The molecule has 0 aliphatic heterocycles. The number of nitrogens with one attached hydrogen (secondary N) is 1. The Hall–Kier alpha value is -3.08. The molecule has 3 aromatic rings. The highest BCUT2D eigenvalue weighted by Crippen LogP contribution is 2.32. The number of aromatic amines is 1. The van der Waals surface area contributed by atoms with Crippen molar-refractivity contribution < 1.29 is 14.3 Å². The molecule has 1 heterocycles. The largest absolute Gasteiger partial charge is 0.457 e. The Morgan fingerprint density at radius 2 is 1.89 bits per heavy atom. The van der Waals surface area contributed by atoms with E-state index in [-0.39, 0.29) is 12.6 Å². The Balaban J connectivity index is 1.51. The normalized spacial score (nSPS) is 16.1. The Labute approximate surface area is 157 Å². The van der Waals surface area contributed by atoms with E-state index in [0.717, 1.165) is 29.3 Å². The van der Waals surface area contributed by atoms with Gasteiger partial charge in [-0.1, -0.05) is 19.1 Å². The van der Waals surface area contributed by atoms with Crippen LogP contribution in [-0.2, 0) is 24.2 Å². The van der Waals surface area contributed by atoms with Gasteiger partial charge in [0.25, 0.3) is 0 Å². The van der Waals surface area contributed by atoms with Crippen LogP contribution < -0.4 is 5.73 Å². The summed E-state index contributed by atoms with van der Waals surface area (Å²) >= 11 is 0. The van der Waals surface area contributed by atoms with Crippen molar-refractivity contribution in [1.82, 2.24) is 4.98 Å². The number of H-pyrrole nitrogens is 1. The van der Waals surface area contributed by atoms with Gasteiger partial charge in [0, 0.05) is 22.2 Å². The number of rotatable bonds is 4. The second kappa shape index (κ2) is 6.91. The van der Waals surface area contributed by atoms with Gasteiger partial charge < -0.3 is 15.5 Å². The van der Waals surface area contributed by atoms with Gasteiger partial charge in [0.2, 0.25) is 5.91 Å². The van der Waals surface area contributed by atoms with Crippen molar-refractivity contribution in [3.63, 3.8) is 0 Å². The quantitative estimate of drug-likeness (QED) is 0.693. The standard InChI is InChI=1S/C22H22N2O3/c1-13-2-8-19-17(10-13)18-11-16(7-9-20(18)24-19)22(26)27-12-14-3-5-15(6-4-14)21(23)25/h3-7,9,11,13,24H,2,8,10,12H2,1H3,(H2,23,25)/t13-/m0/s1. The lowest BCUT2D eigenvalue weighted by Gasteiger charge is -2.18. The van der Waals surface area contributed by atoms with Crippen LogP contribution in [0.25, 0.3) is 10.9 Å². The fraction of sp³-hybridized carbons (Fsp3) is 0.273. The number of carbonyl (C=O) groups is 2. The van der Waals surface area contributed by atoms with Crippen LogP contribution in [0.5, 0.6) is 0 Å². The summed E-state index contributed by atoms with van der Waals surface area (Å²) in [6, 6.07) is 12.4. The summed E-state index contributed by atoms with van der Waals surface area (Å²) in [5, 5.41) is 1.12. The zero-order valence-corrected chi connectivity index (χ0v) is 15.2. The Kier molecular flexibility index (Phi) is 4.44. The van der Waals surface area contributed by atoms with E-state index in [1.165, 1.54) is 17.7 Å². The zero-order chi connectivity index (χ0) is 19.0. The second-order valence-electron chi connectivity index (χ2n) is 7.33. The van der Waals surface area contributed by atoms with Gasteiger partial charge in [-0.25, -0.2) is 4.79 Å². The van der Waals surface area contributed by atoms with Crippen LogP contribution in [0.4, 0.5) is 0 Å². The summed E-state index contributed by atoms with van der Waals surface area (Å²) < 4.78 is 5.44. The topological polar surface area (TPSA) is 85.2 Å². The smallest absolute Gasteiger partial charge is 0.338 e. The lowest BCUT2D eigenvalue weighted by Crippen LogP contribution is -2.11. The number of carbonyl (C=O) groups excluding carboxylic acids is 2. The Morgan fingerprint density at radius 3 is 2.63 bits per heavy atom. The third-order valence-electron chi connectivity index (χ3n) is 5.28. The van der Waals surface area contributed by atoms with E-state index in [1.807, 2.05) is 12.1 Å². The van der Waals surface area contributed by atoms with Gasteiger partial charge in [0.05, 0.1) is 5.56 Å². The first-order valence-electron chi connectivity index (χ1n) is 9.20. The maximum absolute atomic E-state index is 12.5. The summed E-state index contributed by atoms with van der Waals surface area (Å²) in [5.74, 6) is -0.166. The van der Waals surface area contributed by atoms with E-state index in [0.29, 0.717) is 17.0 Å². The first-order valence-corrected chi connectivity index (χ1v) is 9.20. The number of aryl methyl sites for hydroxylation is 1. The molecule has 0 saturated carbocycles. The van der Waals surface area contributed by atoms with Gasteiger partial charge in [-0.05, 0) is 66.6 Å². The molecule has 0 bridgehead atoms. The molecular formula is C22H22N2O3. The molecule has 1 aliphatic rings. The van der Waals surface area contributed by atoms with Crippen LogP contribution in [0.15, 0.2) is 42.5 Å². The summed E-state index contributed by atoms with van der Waals surface area (Å²) in [6.45, 7) is 2.42. The number of hydrogen-bond donors (Lipinski definition) is 2. The van der Waals surface area contributed by atoms with E-state index in [4.69, 9.17) is 10.5 Å². The van der Waals surface area contributed by atoms with Gasteiger partial charge in [-0.3, -0.25) is 4.79 Å². The van der Waals surface area contributed by atoms with Gasteiger partial charge >= 0.3 is 5.97 Å². The second-order valence-corrected chi connectivity index (χ2v) is 7.33. The number of benzene rings is 2. The summed E-state index contributed by atoms with van der Waals surface area (Å²) in [5.41, 5.74) is 10.7. The molecule has 5 heteroatoms. The van der Waals surface area contributed by atoms with Crippen LogP contribution in [0.1, 0.15) is 50.9 Å². The lowest BCUT2D eigenvalue weighted by atomic mass is 9.87. The molecule has 0 saturated heterocycles. The van der Waals surface area contributed by atoms with Crippen molar-refractivity contribution >= 4 is 22.8 Å². The van der Waals surface area contributed by atoms with Crippen LogP contribution in [0.2, 0.25) is 0 Å². The van der Waals surface area contributed by atoms with Crippen LogP contribution >= 0.6 is 0 Å². The highest BCUT2D eigenvalue weighted by Gasteiger charge is 2.20. The van der Waals surface area contributed by atoms with Crippen molar-refractivity contribution in [1.29, 1.82) is 0 Å². The van der Waals surface area contributed by atoms with E-state index in [1.54, 1.807) is 30.3 Å². The molecule has 138 valence electrons. The highest BCUT2D eigenvalue weighted by molar-refractivity contribution is 5.96. The maximum Gasteiger partial charge on any atom is 0.338 e. The number of primary amides is 1. The van der Waals surface area contributed by atoms with Crippen molar-refractivity contribution in [2.75, 3.05) is 0 Å². The van der Waals surface area contributed by atoms with Crippen molar-refractivity contribution in [3.8, 4) is 0 Å². The van der Waals surface area contributed by atoms with Gasteiger partial charge in [0.1, 0.15) is 6.61 Å². The molecule has 0 fully saturated rings. The molecule has 1 aromatic heterocycles. The molecule has 1 amide bonds. The summed E-state index contributed by atoms with van der Waals surface area (Å²) in [4.78, 5) is 27.1. The Morgan fingerprint density at radius 1 is 1.15 bits per heavy atom. The number of amides is 1. The zero-order valence-electron chi connectivity index (χ0n) is 15.2. The van der Waals surface area contributed by atoms with Gasteiger partial charge in [-0.15, -0.1) is 0 Å². The molecule has 0 spiro atoms. The molecule has 27 heavy (non-hydrogen) atoms. The van der Waals surface area contributed by atoms with E-state index in [9.17, 15) is 9.59 Å². The van der Waals surface area contributed by atoms with E-state index < -0.39 is 5.91 Å². The van der Waals surface area contributed by atoms with Gasteiger partial charge in [-0.2, -0.15) is 0 Å². The minimum atomic E-state index is -0.476. The molecule has 4 rings (SSSR count). The molecule has 0 unspecified atom stereocenters. The molecule has 0 radical (unpaired) electrons. The predicted molar refractivity (Wildman–Crippen MR) is 104 cm³/mol. The number of esters is 1. The molecule has 3 N–H and O–H groups in total. The SMILES string of the molecule is C[C@H]1CCc2[nH]c3ccc(C(=O)OCc4ccc(C(N)=O)cc4)cc3c2C1. The monoisotopic (exact) mass is 362 g/mol. The third kappa shape index (κ3) is 3.45. The number of fused-ring (bicyclic) bond motifs is 3. The number of ether oxygens (including phenoxy) is 1. The average molecular weight is 362 g/mol. The fourth-order valence-electron chi connectivity index (χ4n) is 3.72. The number of hydrogen-bond acceptors (Lipinski definition) is 3. The minimum Gasteiger partial charge on any atom is -0.457 e. The van der Waals surface area contributed by atoms with E-state index in [2.05, 4.69) is 11.9 Å². The van der Waals surface area contributed by atoms with Crippen molar-refractivity contribution in [2.45, 2.75) is 32.8 Å². The maximum atomic E-state index is 12.5. The Bertz CT molecular complexity index is 1020. The first kappa shape index (κ1) is 17.3. The van der Waals surface area contributed by atoms with E-state index >= 15 is 0 Å². The van der Waals surface area contributed by atoms with Gasteiger partial charge in [0.15, 0.2) is 0 Å². The van der Waals surface area contributed by atoms with Crippen molar-refractivity contribution in [3.05, 3.63) is 70.4 Å². The number of aromatic nitrogens is 1. The molecule has 1 atom stereocenters. The highest BCUT2D eigenvalue weighted by atomic mass is 16.5. The van der Waals surface area contributed by atoms with Crippen LogP contribution in [0.3, 0.4) is 0 Å². The molecular weight excluding hydrogens is 340 g/mol. The lowest BCUT2D eigenvalue weighted by molar-refractivity contribution is 0.0472. The first-order chi connectivity index (χ1) is 13.0. The predicted octanol–water partition coefficient (Wildman–Crippen LogP) is 3.75. The molecule has 2 aromatic carbocycles.